The highest BCUT2D eigenvalue weighted by Gasteiger charge is 2.21. The van der Waals surface area contributed by atoms with E-state index in [2.05, 4.69) is 22.2 Å². The van der Waals surface area contributed by atoms with E-state index >= 15 is 0 Å². The second-order valence-corrected chi connectivity index (χ2v) is 5.71. The van der Waals surface area contributed by atoms with Crippen molar-refractivity contribution in [3.63, 3.8) is 0 Å². The van der Waals surface area contributed by atoms with Crippen LogP contribution in [0.25, 0.3) is 11.4 Å². The molecule has 0 saturated carbocycles. The van der Waals surface area contributed by atoms with Gasteiger partial charge in [-0.25, -0.2) is 9.97 Å². The Balaban J connectivity index is 1.94. The first kappa shape index (κ1) is 14.3. The number of anilines is 1. The van der Waals surface area contributed by atoms with Crippen LogP contribution < -0.4 is 11.1 Å². The van der Waals surface area contributed by atoms with Crippen LogP contribution in [0.5, 0.6) is 0 Å². The zero-order valence-electron chi connectivity index (χ0n) is 11.7. The molecule has 0 spiro atoms. The quantitative estimate of drug-likeness (QED) is 0.891. The molecule has 2 aromatic rings. The van der Waals surface area contributed by atoms with Crippen LogP contribution in [0.4, 0.5) is 5.69 Å². The van der Waals surface area contributed by atoms with E-state index in [9.17, 15) is 0 Å². The third-order valence-corrected chi connectivity index (χ3v) is 3.61. The van der Waals surface area contributed by atoms with E-state index in [4.69, 9.17) is 22.1 Å². The summed E-state index contributed by atoms with van der Waals surface area (Å²) in [6.45, 7) is 3.46. The van der Waals surface area contributed by atoms with Gasteiger partial charge in [0.25, 0.3) is 0 Å². The van der Waals surface area contributed by atoms with Crippen molar-refractivity contribution in [2.24, 2.45) is 0 Å². The van der Waals surface area contributed by atoms with Crippen LogP contribution in [0.2, 0.25) is 5.02 Å². The highest BCUT2D eigenvalue weighted by Crippen LogP contribution is 2.27. The fraction of sp³-hybridized carbons (Fsp3) is 0.333. The van der Waals surface area contributed by atoms with Gasteiger partial charge in [-0.05, 0) is 30.7 Å². The van der Waals surface area contributed by atoms with E-state index in [1.807, 2.05) is 18.2 Å². The molecule has 110 valence electrons. The van der Waals surface area contributed by atoms with Gasteiger partial charge in [-0.2, -0.15) is 0 Å². The second kappa shape index (κ2) is 5.97. The number of nitrogen functional groups attached to an aromatic ring is 1. The van der Waals surface area contributed by atoms with Gasteiger partial charge in [0.05, 0.1) is 37.3 Å². The van der Waals surface area contributed by atoms with E-state index < -0.39 is 0 Å². The van der Waals surface area contributed by atoms with Gasteiger partial charge in [0, 0.05) is 16.6 Å². The molecule has 6 heteroatoms. The van der Waals surface area contributed by atoms with Gasteiger partial charge < -0.3 is 15.8 Å². The fourth-order valence-electron chi connectivity index (χ4n) is 2.42. The van der Waals surface area contributed by atoms with E-state index in [-0.39, 0.29) is 6.04 Å². The molecule has 1 fully saturated rings. The van der Waals surface area contributed by atoms with Crippen molar-refractivity contribution in [1.29, 1.82) is 0 Å². The third kappa shape index (κ3) is 3.32. The molecule has 0 bridgehead atoms. The van der Waals surface area contributed by atoms with E-state index in [0.29, 0.717) is 29.2 Å². The average Bonchev–Trinajstić information content (AvgIpc) is 2.47. The maximum absolute atomic E-state index is 6.24. The molecular weight excluding hydrogens is 288 g/mol. The summed E-state index contributed by atoms with van der Waals surface area (Å²) < 4.78 is 5.60. The van der Waals surface area contributed by atoms with Crippen LogP contribution >= 0.6 is 11.6 Å². The molecule has 5 nitrogen and oxygen atoms in total. The number of rotatable bonds is 2. The SMILES string of the molecule is C[C@@H]1COC[C@@H](c2cc(Cl)cc(-c3ncc(N)cn3)c2)N1. The van der Waals surface area contributed by atoms with Gasteiger partial charge in [0.15, 0.2) is 5.82 Å². The van der Waals surface area contributed by atoms with Crippen molar-refractivity contribution in [1.82, 2.24) is 15.3 Å². The molecule has 0 unspecified atom stereocenters. The lowest BCUT2D eigenvalue weighted by Gasteiger charge is -2.29. The molecule has 0 radical (unpaired) electrons. The standard InChI is InChI=1S/C15H17ClN4O/c1-9-7-21-8-14(20-9)10-2-11(4-12(16)3-10)15-18-5-13(17)6-19-15/h2-6,9,14,20H,7-8,17H2,1H3/t9-,14+/m1/s1. The Labute approximate surface area is 128 Å². The summed E-state index contributed by atoms with van der Waals surface area (Å²) in [4.78, 5) is 8.49. The van der Waals surface area contributed by atoms with Gasteiger partial charge in [0.2, 0.25) is 0 Å². The van der Waals surface area contributed by atoms with Crippen molar-refractivity contribution in [2.45, 2.75) is 19.0 Å². The van der Waals surface area contributed by atoms with Gasteiger partial charge in [-0.1, -0.05) is 11.6 Å². The number of halogens is 1. The van der Waals surface area contributed by atoms with Crippen molar-refractivity contribution in [3.05, 3.63) is 41.2 Å². The number of ether oxygens (including phenoxy) is 1. The zero-order valence-corrected chi connectivity index (χ0v) is 12.5. The summed E-state index contributed by atoms with van der Waals surface area (Å²) >= 11 is 6.24. The molecule has 1 aromatic heterocycles. The third-order valence-electron chi connectivity index (χ3n) is 3.39. The van der Waals surface area contributed by atoms with Crippen LogP contribution in [-0.2, 0) is 4.74 Å². The van der Waals surface area contributed by atoms with Gasteiger partial charge >= 0.3 is 0 Å². The van der Waals surface area contributed by atoms with E-state index in [0.717, 1.165) is 17.7 Å². The molecule has 0 aliphatic carbocycles. The second-order valence-electron chi connectivity index (χ2n) is 5.27. The highest BCUT2D eigenvalue weighted by molar-refractivity contribution is 6.30. The Morgan fingerprint density at radius 3 is 2.71 bits per heavy atom. The summed E-state index contributed by atoms with van der Waals surface area (Å²) in [5, 5.41) is 4.16. The van der Waals surface area contributed by atoms with Crippen molar-refractivity contribution >= 4 is 17.3 Å². The molecule has 1 aromatic carbocycles. The Kier molecular flexibility index (Phi) is 4.05. The van der Waals surface area contributed by atoms with Crippen molar-refractivity contribution < 1.29 is 4.74 Å². The molecule has 2 heterocycles. The number of nitrogens with one attached hydrogen (secondary N) is 1. The Bertz CT molecular complexity index is 632. The number of nitrogens with zero attached hydrogens (tertiary/aromatic N) is 2. The number of aromatic nitrogens is 2. The van der Waals surface area contributed by atoms with E-state index in [1.165, 1.54) is 0 Å². The lowest BCUT2D eigenvalue weighted by atomic mass is 10.0. The van der Waals surface area contributed by atoms with Crippen LogP contribution in [0.3, 0.4) is 0 Å². The predicted octanol–water partition coefficient (Wildman–Crippen LogP) is 2.43. The first-order valence-electron chi connectivity index (χ1n) is 6.84. The average molecular weight is 305 g/mol. The van der Waals surface area contributed by atoms with Crippen molar-refractivity contribution in [3.8, 4) is 11.4 Å². The maximum Gasteiger partial charge on any atom is 0.159 e. The largest absolute Gasteiger partial charge is 0.396 e. The predicted molar refractivity (Wildman–Crippen MR) is 83.0 cm³/mol. The monoisotopic (exact) mass is 304 g/mol. The summed E-state index contributed by atoms with van der Waals surface area (Å²) in [5.41, 5.74) is 8.10. The summed E-state index contributed by atoms with van der Waals surface area (Å²) in [5.74, 6) is 0.609. The Morgan fingerprint density at radius 1 is 1.24 bits per heavy atom. The highest BCUT2D eigenvalue weighted by atomic mass is 35.5. The normalized spacial score (nSPS) is 22.2. The molecule has 1 saturated heterocycles. The summed E-state index contributed by atoms with van der Waals surface area (Å²) in [6, 6.07) is 6.28. The molecule has 1 aliphatic rings. The van der Waals surface area contributed by atoms with E-state index in [1.54, 1.807) is 12.4 Å². The molecule has 3 rings (SSSR count). The number of morpholine rings is 1. The lowest BCUT2D eigenvalue weighted by molar-refractivity contribution is 0.0504. The zero-order chi connectivity index (χ0) is 14.8. The maximum atomic E-state index is 6.24. The van der Waals surface area contributed by atoms with Gasteiger partial charge in [-0.15, -0.1) is 0 Å². The topological polar surface area (TPSA) is 73.1 Å². The number of benzene rings is 1. The Morgan fingerprint density at radius 2 is 2.00 bits per heavy atom. The van der Waals surface area contributed by atoms with Crippen LogP contribution in [0.15, 0.2) is 30.6 Å². The van der Waals surface area contributed by atoms with Crippen LogP contribution in [0, 0.1) is 0 Å². The first-order chi connectivity index (χ1) is 10.1. The lowest BCUT2D eigenvalue weighted by Crippen LogP contribution is -2.41. The summed E-state index contributed by atoms with van der Waals surface area (Å²) in [7, 11) is 0. The minimum atomic E-state index is 0.125. The molecule has 1 aliphatic heterocycles. The first-order valence-corrected chi connectivity index (χ1v) is 7.22. The van der Waals surface area contributed by atoms with Crippen LogP contribution in [0.1, 0.15) is 18.5 Å². The minimum Gasteiger partial charge on any atom is -0.396 e. The van der Waals surface area contributed by atoms with Gasteiger partial charge in [-0.3, -0.25) is 0 Å². The number of hydrogen-bond donors (Lipinski definition) is 2. The summed E-state index contributed by atoms with van der Waals surface area (Å²) in [6.07, 6.45) is 3.18. The molecule has 3 N–H and O–H groups in total. The molecule has 2 atom stereocenters. The van der Waals surface area contributed by atoms with Crippen molar-refractivity contribution in [2.75, 3.05) is 18.9 Å². The fourth-order valence-corrected chi connectivity index (χ4v) is 2.67. The number of hydrogen-bond acceptors (Lipinski definition) is 5. The molecule has 0 amide bonds. The minimum absolute atomic E-state index is 0.125. The number of nitrogens with two attached hydrogens (primary N) is 1. The van der Waals surface area contributed by atoms with Crippen LogP contribution in [-0.4, -0.2) is 29.2 Å². The molecular formula is C15H17ClN4O. The molecule has 21 heavy (non-hydrogen) atoms. The Hall–Kier alpha value is -1.69. The van der Waals surface area contributed by atoms with Gasteiger partial charge in [0.1, 0.15) is 0 Å². The smallest absolute Gasteiger partial charge is 0.159 e.